The zero-order valence-electron chi connectivity index (χ0n) is 11.0. The molecule has 1 aromatic heterocycles. The number of hydrogen-bond acceptors (Lipinski definition) is 0. The largest absolute Gasteiger partial charge is 0.330 e. The SMILES string of the molecule is [CH2-][n+]1cc(F)c2ccccc2c1-c1ccc(F)cc1C. The molecule has 0 amide bonds. The minimum absolute atomic E-state index is 0.284. The Labute approximate surface area is 116 Å². The molecule has 0 bridgehead atoms. The van der Waals surface area contributed by atoms with E-state index in [2.05, 4.69) is 7.05 Å². The van der Waals surface area contributed by atoms with Crippen molar-refractivity contribution in [3.63, 3.8) is 0 Å². The van der Waals surface area contributed by atoms with Gasteiger partial charge in [-0.3, -0.25) is 0 Å². The molecule has 100 valence electrons. The van der Waals surface area contributed by atoms with Crippen LogP contribution in [0.3, 0.4) is 0 Å². The molecule has 0 saturated heterocycles. The fourth-order valence-corrected chi connectivity index (χ4v) is 2.52. The highest BCUT2D eigenvalue weighted by atomic mass is 19.1. The molecule has 3 aromatic rings. The summed E-state index contributed by atoms with van der Waals surface area (Å²) in [5, 5.41) is 1.29. The van der Waals surface area contributed by atoms with Gasteiger partial charge in [0.2, 0.25) is 0 Å². The normalized spacial score (nSPS) is 10.9. The first-order valence-corrected chi connectivity index (χ1v) is 6.28. The number of nitrogens with zero attached hydrogens (tertiary/aromatic N) is 1. The first kappa shape index (κ1) is 12.6. The van der Waals surface area contributed by atoms with Crippen LogP contribution < -0.4 is 4.57 Å². The second-order valence-corrected chi connectivity index (χ2v) is 4.80. The number of fused-ring (bicyclic) bond motifs is 1. The molecule has 0 saturated carbocycles. The fourth-order valence-electron chi connectivity index (χ4n) is 2.52. The van der Waals surface area contributed by atoms with Gasteiger partial charge in [0.25, 0.3) is 0 Å². The quantitative estimate of drug-likeness (QED) is 0.464. The van der Waals surface area contributed by atoms with Crippen LogP contribution in [0.5, 0.6) is 0 Å². The number of hydrogen-bond donors (Lipinski definition) is 0. The van der Waals surface area contributed by atoms with Gasteiger partial charge in [-0.05, 0) is 35.6 Å². The number of rotatable bonds is 1. The number of pyridine rings is 1. The summed E-state index contributed by atoms with van der Waals surface area (Å²) >= 11 is 0. The maximum absolute atomic E-state index is 14.0. The second-order valence-electron chi connectivity index (χ2n) is 4.80. The Morgan fingerprint density at radius 3 is 2.40 bits per heavy atom. The van der Waals surface area contributed by atoms with Gasteiger partial charge in [-0.1, -0.05) is 30.3 Å². The zero-order valence-corrected chi connectivity index (χ0v) is 11.0. The summed E-state index contributed by atoms with van der Waals surface area (Å²) in [7, 11) is 3.85. The second kappa shape index (κ2) is 4.60. The molecule has 0 aliphatic carbocycles. The van der Waals surface area contributed by atoms with E-state index in [0.717, 1.165) is 22.2 Å². The van der Waals surface area contributed by atoms with E-state index in [0.29, 0.717) is 5.39 Å². The van der Waals surface area contributed by atoms with Gasteiger partial charge < -0.3 is 4.57 Å². The number of halogens is 2. The van der Waals surface area contributed by atoms with E-state index in [4.69, 9.17) is 0 Å². The summed E-state index contributed by atoms with van der Waals surface area (Å²) in [6.07, 6.45) is 1.35. The number of aromatic nitrogens is 1. The van der Waals surface area contributed by atoms with E-state index >= 15 is 0 Å². The molecule has 3 rings (SSSR count). The molecule has 20 heavy (non-hydrogen) atoms. The minimum Gasteiger partial charge on any atom is -0.330 e. The van der Waals surface area contributed by atoms with Gasteiger partial charge in [-0.2, -0.15) is 0 Å². The van der Waals surface area contributed by atoms with Crippen LogP contribution in [-0.2, 0) is 0 Å². The predicted molar refractivity (Wildman–Crippen MR) is 75.0 cm³/mol. The summed E-state index contributed by atoms with van der Waals surface area (Å²) in [5.41, 5.74) is 2.41. The van der Waals surface area contributed by atoms with Crippen LogP contribution in [0.2, 0.25) is 0 Å². The van der Waals surface area contributed by atoms with Crippen molar-refractivity contribution in [2.24, 2.45) is 0 Å². The summed E-state index contributed by atoms with van der Waals surface area (Å²) in [6.45, 7) is 1.83. The molecule has 0 spiro atoms. The average Bonchev–Trinajstić information content (AvgIpc) is 2.41. The molecule has 2 aromatic carbocycles. The summed E-state index contributed by atoms with van der Waals surface area (Å²) < 4.78 is 28.7. The van der Waals surface area contributed by atoms with E-state index < -0.39 is 0 Å². The molecule has 0 atom stereocenters. The van der Waals surface area contributed by atoms with Crippen LogP contribution in [0.4, 0.5) is 8.78 Å². The molecule has 3 heteroatoms. The summed E-state index contributed by atoms with van der Waals surface area (Å²) in [6, 6.07) is 11.8. The van der Waals surface area contributed by atoms with Crippen LogP contribution in [0.1, 0.15) is 5.56 Å². The van der Waals surface area contributed by atoms with Crippen molar-refractivity contribution in [3.8, 4) is 11.3 Å². The Balaban J connectivity index is 2.41. The first-order valence-electron chi connectivity index (χ1n) is 6.28. The number of benzene rings is 2. The van der Waals surface area contributed by atoms with E-state index in [-0.39, 0.29) is 11.6 Å². The predicted octanol–water partition coefficient (Wildman–Crippen LogP) is 4.02. The molecule has 1 nitrogen and oxygen atoms in total. The van der Waals surface area contributed by atoms with Crippen molar-refractivity contribution < 1.29 is 13.3 Å². The van der Waals surface area contributed by atoms with Gasteiger partial charge in [-0.15, -0.1) is 0 Å². The van der Waals surface area contributed by atoms with Crippen molar-refractivity contribution in [2.75, 3.05) is 0 Å². The van der Waals surface area contributed by atoms with Crippen molar-refractivity contribution in [3.05, 3.63) is 72.9 Å². The highest BCUT2D eigenvalue weighted by Gasteiger charge is 2.13. The summed E-state index contributed by atoms with van der Waals surface area (Å²) in [4.78, 5) is 0. The third-order valence-corrected chi connectivity index (χ3v) is 3.44. The van der Waals surface area contributed by atoms with Gasteiger partial charge in [-0.25, -0.2) is 8.78 Å². The Kier molecular flexibility index (Phi) is 2.90. The lowest BCUT2D eigenvalue weighted by Gasteiger charge is -2.14. The Hall–Kier alpha value is -2.42. The van der Waals surface area contributed by atoms with Crippen LogP contribution >= 0.6 is 0 Å². The molecule has 0 radical (unpaired) electrons. The van der Waals surface area contributed by atoms with Crippen LogP contribution in [-0.4, -0.2) is 0 Å². The standard InChI is InChI=1S/C17H13F2N/c1-11-9-12(18)7-8-13(11)17-15-6-4-3-5-14(15)16(19)10-20(17)2/h3-10H,2H2,1H3. The maximum atomic E-state index is 14.0. The molecule has 0 unspecified atom stereocenters. The van der Waals surface area contributed by atoms with Crippen LogP contribution in [0.25, 0.3) is 22.0 Å². The summed E-state index contributed by atoms with van der Waals surface area (Å²) in [5.74, 6) is -0.604. The Morgan fingerprint density at radius 2 is 1.70 bits per heavy atom. The van der Waals surface area contributed by atoms with Crippen molar-refractivity contribution >= 4 is 10.8 Å². The highest BCUT2D eigenvalue weighted by molar-refractivity contribution is 5.93. The monoisotopic (exact) mass is 269 g/mol. The van der Waals surface area contributed by atoms with Gasteiger partial charge in [0.15, 0.2) is 0 Å². The van der Waals surface area contributed by atoms with Gasteiger partial charge >= 0.3 is 0 Å². The van der Waals surface area contributed by atoms with E-state index in [9.17, 15) is 8.78 Å². The van der Waals surface area contributed by atoms with Crippen molar-refractivity contribution in [1.29, 1.82) is 0 Å². The number of aryl methyl sites for hydroxylation is 1. The maximum Gasteiger partial charge on any atom is 0.138 e. The zero-order chi connectivity index (χ0) is 14.3. The Bertz CT molecular complexity index is 809. The molecular formula is C17H13F2N. The van der Waals surface area contributed by atoms with E-state index in [1.807, 2.05) is 19.1 Å². The van der Waals surface area contributed by atoms with Gasteiger partial charge in [0, 0.05) is 12.4 Å². The molecule has 1 heterocycles. The first-order chi connectivity index (χ1) is 9.58. The van der Waals surface area contributed by atoms with Gasteiger partial charge in [0.1, 0.15) is 23.5 Å². The van der Waals surface area contributed by atoms with E-state index in [1.54, 1.807) is 18.2 Å². The smallest absolute Gasteiger partial charge is 0.138 e. The van der Waals surface area contributed by atoms with Crippen LogP contribution in [0, 0.1) is 25.6 Å². The highest BCUT2D eigenvalue weighted by Crippen LogP contribution is 2.29. The molecule has 0 N–H and O–H groups in total. The lowest BCUT2D eigenvalue weighted by molar-refractivity contribution is -0.601. The fraction of sp³-hybridized carbons (Fsp3) is 0.0588. The topological polar surface area (TPSA) is 3.88 Å². The molecular weight excluding hydrogens is 256 g/mol. The molecule has 0 aliphatic heterocycles. The minimum atomic E-state index is -0.320. The lowest BCUT2D eigenvalue weighted by atomic mass is 9.99. The van der Waals surface area contributed by atoms with Crippen molar-refractivity contribution in [2.45, 2.75) is 6.92 Å². The lowest BCUT2D eigenvalue weighted by Crippen LogP contribution is -2.29. The third kappa shape index (κ3) is 1.92. The molecule has 0 aliphatic rings. The third-order valence-electron chi connectivity index (χ3n) is 3.44. The molecule has 0 fully saturated rings. The van der Waals surface area contributed by atoms with Crippen LogP contribution in [0.15, 0.2) is 48.7 Å². The van der Waals surface area contributed by atoms with Crippen molar-refractivity contribution in [1.82, 2.24) is 0 Å². The van der Waals surface area contributed by atoms with E-state index in [1.165, 1.54) is 22.9 Å². The average molecular weight is 269 g/mol. The van der Waals surface area contributed by atoms with Gasteiger partial charge in [0.05, 0.1) is 0 Å². The Morgan fingerprint density at radius 1 is 1.00 bits per heavy atom.